The number of methoxy groups -OCH3 is 1. The summed E-state index contributed by atoms with van der Waals surface area (Å²) in [4.78, 5) is 15.2. The largest absolute Gasteiger partial charge is 0.496 e. The fourth-order valence-corrected chi connectivity index (χ4v) is 5.23. The molecule has 0 spiro atoms. The van der Waals surface area contributed by atoms with Crippen LogP contribution in [0.5, 0.6) is 5.75 Å². The first-order valence-electron chi connectivity index (χ1n) is 8.87. The van der Waals surface area contributed by atoms with Crippen molar-refractivity contribution < 1.29 is 23.4 Å². The van der Waals surface area contributed by atoms with Crippen LogP contribution in [0.25, 0.3) is 32.1 Å². The average Bonchev–Trinajstić information content (AvgIpc) is 3.23. The molecule has 1 atom stereocenters. The SMILES string of the molecule is COc1ccc2[nH]c(=O)c3sccc3c2c1-c1ccc(S(=O)(=O)NC(O)CO)cc1. The second-order valence-corrected chi connectivity index (χ2v) is 9.16. The quantitative estimate of drug-likeness (QED) is 0.335. The molecule has 0 saturated heterocycles. The number of fused-ring (bicyclic) bond motifs is 3. The number of aromatic nitrogens is 1. The van der Waals surface area contributed by atoms with Crippen molar-refractivity contribution in [3.05, 3.63) is 58.2 Å². The number of aromatic amines is 1. The minimum atomic E-state index is -4.00. The maximum Gasteiger partial charge on any atom is 0.266 e. The van der Waals surface area contributed by atoms with E-state index in [2.05, 4.69) is 4.98 Å². The van der Waals surface area contributed by atoms with E-state index in [1.54, 1.807) is 31.4 Å². The lowest BCUT2D eigenvalue weighted by Gasteiger charge is -2.14. The normalized spacial score (nSPS) is 13.0. The standard InChI is InChI=1S/C20H18N2O6S2/c1-28-15-7-6-14-18(13-8-9-29-19(13)20(25)21-14)17(15)11-2-4-12(5-3-11)30(26,27)22-16(24)10-23/h2-9,16,22-24H,10H2,1H3,(H,21,25). The number of hydrogen-bond acceptors (Lipinski definition) is 7. The Bertz CT molecular complexity index is 1390. The van der Waals surface area contributed by atoms with Crippen molar-refractivity contribution in [1.82, 2.24) is 9.71 Å². The van der Waals surface area contributed by atoms with Crippen molar-refractivity contribution in [3.63, 3.8) is 0 Å². The van der Waals surface area contributed by atoms with Gasteiger partial charge < -0.3 is 19.9 Å². The summed E-state index contributed by atoms with van der Waals surface area (Å²) in [6, 6.07) is 11.4. The number of sulfonamides is 1. The zero-order valence-electron chi connectivity index (χ0n) is 15.7. The molecule has 0 aliphatic rings. The molecule has 0 aliphatic heterocycles. The van der Waals surface area contributed by atoms with Gasteiger partial charge in [0.25, 0.3) is 5.56 Å². The van der Waals surface area contributed by atoms with Gasteiger partial charge in [0.2, 0.25) is 10.0 Å². The molecule has 2 heterocycles. The Hall–Kier alpha value is -2.76. The number of aliphatic hydroxyl groups excluding tert-OH is 2. The summed E-state index contributed by atoms with van der Waals surface area (Å²) in [5.41, 5.74) is 1.89. The van der Waals surface area contributed by atoms with Crippen molar-refractivity contribution in [2.45, 2.75) is 11.1 Å². The molecular weight excluding hydrogens is 428 g/mol. The third-order valence-electron chi connectivity index (χ3n) is 4.69. The van der Waals surface area contributed by atoms with Gasteiger partial charge in [-0.1, -0.05) is 12.1 Å². The molecule has 2 aromatic heterocycles. The van der Waals surface area contributed by atoms with Gasteiger partial charge in [-0.05, 0) is 41.3 Å². The molecule has 4 N–H and O–H groups in total. The lowest BCUT2D eigenvalue weighted by molar-refractivity contribution is 0.0868. The van der Waals surface area contributed by atoms with Gasteiger partial charge in [0.05, 0.1) is 18.6 Å². The van der Waals surface area contributed by atoms with Crippen molar-refractivity contribution in [2.24, 2.45) is 0 Å². The van der Waals surface area contributed by atoms with Gasteiger partial charge in [0.1, 0.15) is 16.7 Å². The number of aliphatic hydroxyl groups is 2. The molecule has 30 heavy (non-hydrogen) atoms. The lowest BCUT2D eigenvalue weighted by Crippen LogP contribution is -2.37. The van der Waals surface area contributed by atoms with E-state index in [0.29, 0.717) is 21.5 Å². The molecule has 10 heteroatoms. The molecule has 4 aromatic rings. The highest BCUT2D eigenvalue weighted by atomic mass is 32.2. The van der Waals surface area contributed by atoms with Crippen LogP contribution in [0.15, 0.2) is 57.5 Å². The molecule has 0 saturated carbocycles. The Balaban J connectivity index is 1.91. The van der Waals surface area contributed by atoms with Crippen molar-refractivity contribution in [2.75, 3.05) is 13.7 Å². The summed E-state index contributed by atoms with van der Waals surface area (Å²) in [5, 5.41) is 21.7. The van der Waals surface area contributed by atoms with E-state index in [4.69, 9.17) is 9.84 Å². The van der Waals surface area contributed by atoms with E-state index in [-0.39, 0.29) is 10.5 Å². The third-order valence-corrected chi connectivity index (χ3v) is 7.08. The van der Waals surface area contributed by atoms with Crippen LogP contribution in [0.1, 0.15) is 0 Å². The maximum atomic E-state index is 12.3. The van der Waals surface area contributed by atoms with Gasteiger partial charge in [-0.25, -0.2) is 8.42 Å². The number of ether oxygens (including phenoxy) is 1. The number of pyridine rings is 1. The van der Waals surface area contributed by atoms with Gasteiger partial charge in [0, 0.05) is 21.9 Å². The zero-order chi connectivity index (χ0) is 21.5. The van der Waals surface area contributed by atoms with Crippen LogP contribution in [0.2, 0.25) is 0 Å². The molecule has 8 nitrogen and oxygen atoms in total. The van der Waals surface area contributed by atoms with E-state index in [1.165, 1.54) is 23.5 Å². The molecule has 0 bridgehead atoms. The predicted molar refractivity (Wildman–Crippen MR) is 115 cm³/mol. The summed E-state index contributed by atoms with van der Waals surface area (Å²) in [5.74, 6) is 0.575. The molecule has 4 rings (SSSR count). The molecule has 0 amide bonds. The summed E-state index contributed by atoms with van der Waals surface area (Å²) >= 11 is 1.34. The van der Waals surface area contributed by atoms with Gasteiger partial charge in [-0.15, -0.1) is 11.3 Å². The highest BCUT2D eigenvalue weighted by molar-refractivity contribution is 7.89. The van der Waals surface area contributed by atoms with Gasteiger partial charge in [0.15, 0.2) is 0 Å². The monoisotopic (exact) mass is 446 g/mol. The van der Waals surface area contributed by atoms with E-state index in [1.807, 2.05) is 16.2 Å². The van der Waals surface area contributed by atoms with Gasteiger partial charge >= 0.3 is 0 Å². The summed E-state index contributed by atoms with van der Waals surface area (Å²) in [7, 11) is -2.46. The molecule has 1 unspecified atom stereocenters. The molecule has 156 valence electrons. The minimum absolute atomic E-state index is 0.0629. The topological polar surface area (TPSA) is 129 Å². The van der Waals surface area contributed by atoms with Crippen LogP contribution in [-0.2, 0) is 10.0 Å². The first-order valence-corrected chi connectivity index (χ1v) is 11.2. The average molecular weight is 447 g/mol. The second-order valence-electron chi connectivity index (χ2n) is 6.53. The van der Waals surface area contributed by atoms with Crippen molar-refractivity contribution >= 4 is 42.3 Å². The summed E-state index contributed by atoms with van der Waals surface area (Å²) < 4.78 is 32.8. The number of thiophene rings is 1. The highest BCUT2D eigenvalue weighted by Crippen LogP contribution is 2.40. The first kappa shape index (κ1) is 20.5. The van der Waals surface area contributed by atoms with Gasteiger partial charge in [-0.2, -0.15) is 4.72 Å². The summed E-state index contributed by atoms with van der Waals surface area (Å²) in [6.07, 6.45) is -1.59. The smallest absolute Gasteiger partial charge is 0.266 e. The van der Waals surface area contributed by atoms with E-state index in [9.17, 15) is 18.3 Å². The minimum Gasteiger partial charge on any atom is -0.496 e. The van der Waals surface area contributed by atoms with Crippen LogP contribution < -0.4 is 15.0 Å². The van der Waals surface area contributed by atoms with E-state index >= 15 is 0 Å². The zero-order valence-corrected chi connectivity index (χ0v) is 17.4. The Morgan fingerprint density at radius 2 is 1.90 bits per heavy atom. The van der Waals surface area contributed by atoms with Crippen LogP contribution in [-0.4, -0.2) is 43.6 Å². The molecule has 0 aliphatic carbocycles. The number of benzene rings is 2. The molecule has 2 aromatic carbocycles. The second kappa shape index (κ2) is 7.82. The third kappa shape index (κ3) is 3.48. The van der Waals surface area contributed by atoms with Gasteiger partial charge in [-0.3, -0.25) is 4.79 Å². The number of rotatable bonds is 6. The van der Waals surface area contributed by atoms with Crippen LogP contribution in [0.4, 0.5) is 0 Å². The Kier molecular flexibility index (Phi) is 5.35. The Labute approximate surface area is 175 Å². The fourth-order valence-electron chi connectivity index (χ4n) is 3.37. The van der Waals surface area contributed by atoms with Crippen molar-refractivity contribution in [3.8, 4) is 16.9 Å². The number of nitrogens with one attached hydrogen (secondary N) is 2. The fraction of sp³-hybridized carbons (Fsp3) is 0.150. The molecular formula is C20H18N2O6S2. The highest BCUT2D eigenvalue weighted by Gasteiger charge is 2.20. The summed E-state index contributed by atoms with van der Waals surface area (Å²) in [6.45, 7) is -0.737. The number of hydrogen-bond donors (Lipinski definition) is 4. The lowest BCUT2D eigenvalue weighted by atomic mass is 9.97. The maximum absolute atomic E-state index is 12.3. The van der Waals surface area contributed by atoms with Crippen LogP contribution in [0, 0.1) is 0 Å². The van der Waals surface area contributed by atoms with E-state index in [0.717, 1.165) is 16.3 Å². The number of H-pyrrole nitrogens is 1. The van der Waals surface area contributed by atoms with Crippen LogP contribution >= 0.6 is 11.3 Å². The molecule has 0 fully saturated rings. The Morgan fingerprint density at radius 1 is 1.17 bits per heavy atom. The predicted octanol–water partition coefficient (Wildman–Crippen LogP) is 2.01. The van der Waals surface area contributed by atoms with E-state index < -0.39 is 22.9 Å². The Morgan fingerprint density at radius 3 is 2.57 bits per heavy atom. The van der Waals surface area contributed by atoms with Crippen molar-refractivity contribution in [1.29, 1.82) is 0 Å². The van der Waals surface area contributed by atoms with Crippen LogP contribution in [0.3, 0.4) is 0 Å². The first-order chi connectivity index (χ1) is 14.4. The molecule has 0 radical (unpaired) electrons.